The number of amides is 2. The zero-order valence-electron chi connectivity index (χ0n) is 22.0. The average molecular weight is 496 g/mol. The van der Waals surface area contributed by atoms with Crippen molar-refractivity contribution in [3.8, 4) is 0 Å². The second-order valence-electron chi connectivity index (χ2n) is 11.6. The number of piperidine rings is 1. The Balaban J connectivity index is 1.20. The van der Waals surface area contributed by atoms with E-state index in [-0.39, 0.29) is 18.0 Å². The number of carbonyl (C=O) groups excluding carboxylic acids is 2. The van der Waals surface area contributed by atoms with Crippen LogP contribution >= 0.6 is 0 Å². The molecule has 7 heteroatoms. The minimum Gasteiger partial charge on any atom is -0.372 e. The lowest BCUT2D eigenvalue weighted by Gasteiger charge is -2.41. The lowest BCUT2D eigenvalue weighted by molar-refractivity contribution is -0.130. The molecule has 3 atom stereocenters. The van der Waals surface area contributed by atoms with Crippen molar-refractivity contribution in [2.75, 3.05) is 49.5 Å². The lowest BCUT2D eigenvalue weighted by atomic mass is 9.93. The molecule has 2 N–H and O–H groups in total. The number of carbonyl (C=O) groups is 2. The number of likely N-dealkylation sites (tertiary alicyclic amines) is 2. The first-order chi connectivity index (χ1) is 17.6. The normalized spacial score (nSPS) is 27.2. The molecule has 3 aliphatic heterocycles. The Morgan fingerprint density at radius 1 is 1.00 bits per heavy atom. The lowest BCUT2D eigenvalue weighted by Crippen LogP contribution is -2.48. The molecule has 3 unspecified atom stereocenters. The number of hydrogen-bond donors (Lipinski definition) is 2. The predicted octanol–water partition coefficient (Wildman–Crippen LogP) is 3.70. The minimum absolute atomic E-state index is 0.157. The molecular formula is C29H45N5O2. The summed E-state index contributed by atoms with van der Waals surface area (Å²) >= 11 is 0. The van der Waals surface area contributed by atoms with E-state index in [4.69, 9.17) is 0 Å². The van der Waals surface area contributed by atoms with Crippen molar-refractivity contribution in [2.45, 2.75) is 82.8 Å². The van der Waals surface area contributed by atoms with Crippen molar-refractivity contribution in [3.05, 3.63) is 24.3 Å². The zero-order chi connectivity index (χ0) is 24.9. The van der Waals surface area contributed by atoms with E-state index in [2.05, 4.69) is 15.5 Å². The van der Waals surface area contributed by atoms with Gasteiger partial charge in [-0.3, -0.25) is 9.59 Å². The molecular weight excluding hydrogens is 450 g/mol. The molecule has 7 nitrogen and oxygen atoms in total. The van der Waals surface area contributed by atoms with Gasteiger partial charge in [-0.15, -0.1) is 0 Å². The number of hydrogen-bond acceptors (Lipinski definition) is 5. The Kier molecular flexibility index (Phi) is 8.47. The van der Waals surface area contributed by atoms with E-state index in [1.54, 1.807) is 0 Å². The van der Waals surface area contributed by atoms with Crippen LogP contribution in [0.2, 0.25) is 0 Å². The van der Waals surface area contributed by atoms with E-state index in [0.29, 0.717) is 11.8 Å². The van der Waals surface area contributed by atoms with Gasteiger partial charge in [0.2, 0.25) is 12.3 Å². The van der Waals surface area contributed by atoms with Crippen LogP contribution in [0.1, 0.15) is 64.7 Å². The maximum absolute atomic E-state index is 13.2. The molecule has 0 bridgehead atoms. The van der Waals surface area contributed by atoms with Crippen LogP contribution in [0, 0.1) is 11.8 Å². The van der Waals surface area contributed by atoms with Gasteiger partial charge in [0.05, 0.1) is 11.4 Å². The van der Waals surface area contributed by atoms with Crippen LogP contribution in [0.5, 0.6) is 0 Å². The van der Waals surface area contributed by atoms with Crippen molar-refractivity contribution in [1.29, 1.82) is 0 Å². The number of fused-ring (bicyclic) bond motifs is 1. The summed E-state index contributed by atoms with van der Waals surface area (Å²) in [5, 5.41) is 6.90. The van der Waals surface area contributed by atoms with E-state index >= 15 is 0 Å². The van der Waals surface area contributed by atoms with Crippen molar-refractivity contribution in [2.24, 2.45) is 11.8 Å². The van der Waals surface area contributed by atoms with Crippen LogP contribution in [0.3, 0.4) is 0 Å². The molecule has 0 aromatic heterocycles. The Morgan fingerprint density at radius 2 is 1.64 bits per heavy atom. The van der Waals surface area contributed by atoms with E-state index in [0.717, 1.165) is 75.9 Å². The summed E-state index contributed by atoms with van der Waals surface area (Å²) in [6.45, 7) is 7.82. The fraction of sp³-hybridized carbons (Fsp3) is 0.724. The van der Waals surface area contributed by atoms with Crippen LogP contribution < -0.4 is 15.5 Å². The molecule has 4 aliphatic rings. The molecule has 198 valence electrons. The number of nitrogens with zero attached hydrogens (tertiary/aromatic N) is 3. The Bertz CT molecular complexity index is 866. The van der Waals surface area contributed by atoms with Crippen molar-refractivity contribution < 1.29 is 9.59 Å². The second-order valence-corrected chi connectivity index (χ2v) is 11.6. The van der Waals surface area contributed by atoms with Gasteiger partial charge in [-0.1, -0.05) is 44.2 Å². The fourth-order valence-corrected chi connectivity index (χ4v) is 7.09. The third-order valence-corrected chi connectivity index (χ3v) is 9.22. The van der Waals surface area contributed by atoms with E-state index in [9.17, 15) is 9.59 Å². The molecule has 1 aromatic rings. The standard InChI is InChI=1S/C29H45N5O2/c1-22(29(36)33-19-23-17-30-18-24(23)20-33)31-27-11-7-8-12-28(27)34(21-35)26-13-15-32(16-14-26)25-9-5-3-2-4-6-10-25/h7-8,11-12,21-26,30-31H,2-6,9-10,13-20H2,1H3. The van der Waals surface area contributed by atoms with E-state index in [1.165, 1.54) is 44.9 Å². The molecule has 5 rings (SSSR count). The van der Waals surface area contributed by atoms with Crippen molar-refractivity contribution in [1.82, 2.24) is 15.1 Å². The van der Waals surface area contributed by atoms with Crippen LogP contribution in [0.4, 0.5) is 11.4 Å². The first kappa shape index (κ1) is 25.5. The number of para-hydroxylation sites is 2. The molecule has 1 saturated carbocycles. The highest BCUT2D eigenvalue weighted by atomic mass is 16.2. The summed E-state index contributed by atoms with van der Waals surface area (Å²) < 4.78 is 0. The molecule has 1 aromatic carbocycles. The minimum atomic E-state index is -0.326. The summed E-state index contributed by atoms with van der Waals surface area (Å²) in [6.07, 6.45) is 12.5. The van der Waals surface area contributed by atoms with Gasteiger partial charge in [0.25, 0.3) is 0 Å². The predicted molar refractivity (Wildman–Crippen MR) is 145 cm³/mol. The van der Waals surface area contributed by atoms with Crippen LogP contribution in [-0.4, -0.2) is 79.5 Å². The van der Waals surface area contributed by atoms with E-state index in [1.807, 2.05) is 41.0 Å². The first-order valence-electron chi connectivity index (χ1n) is 14.5. The van der Waals surface area contributed by atoms with Crippen LogP contribution in [0.15, 0.2) is 24.3 Å². The molecule has 0 radical (unpaired) electrons. The number of rotatable bonds is 7. The van der Waals surface area contributed by atoms with Gasteiger partial charge in [-0.05, 0) is 56.6 Å². The highest BCUT2D eigenvalue weighted by molar-refractivity contribution is 5.89. The molecule has 2 amide bonds. The summed E-state index contributed by atoms with van der Waals surface area (Å²) in [4.78, 5) is 32.2. The molecule has 4 fully saturated rings. The highest BCUT2D eigenvalue weighted by Gasteiger charge is 2.39. The van der Waals surface area contributed by atoms with Gasteiger partial charge in [-0.25, -0.2) is 0 Å². The molecule has 3 saturated heterocycles. The molecule has 1 aliphatic carbocycles. The van der Waals surface area contributed by atoms with Gasteiger partial charge < -0.3 is 25.3 Å². The molecule has 0 spiro atoms. The zero-order valence-corrected chi connectivity index (χ0v) is 22.0. The molecule has 3 heterocycles. The fourth-order valence-electron chi connectivity index (χ4n) is 7.09. The largest absolute Gasteiger partial charge is 0.372 e. The van der Waals surface area contributed by atoms with Crippen molar-refractivity contribution >= 4 is 23.7 Å². The van der Waals surface area contributed by atoms with Gasteiger partial charge >= 0.3 is 0 Å². The first-order valence-corrected chi connectivity index (χ1v) is 14.5. The Hall–Kier alpha value is -2.12. The second kappa shape index (κ2) is 12.0. The average Bonchev–Trinajstić information content (AvgIpc) is 3.48. The number of nitrogens with one attached hydrogen (secondary N) is 2. The summed E-state index contributed by atoms with van der Waals surface area (Å²) in [5.74, 6) is 1.34. The SMILES string of the molecule is CC(Nc1ccccc1N(C=O)C1CCN(C2CCCCCCC2)CC1)C(=O)N1CC2CNCC2C1. The monoisotopic (exact) mass is 495 g/mol. The van der Waals surface area contributed by atoms with Crippen molar-refractivity contribution in [3.63, 3.8) is 0 Å². The van der Waals surface area contributed by atoms with Gasteiger partial charge in [0, 0.05) is 51.4 Å². The Morgan fingerprint density at radius 3 is 2.31 bits per heavy atom. The van der Waals surface area contributed by atoms with Gasteiger partial charge in [-0.2, -0.15) is 0 Å². The summed E-state index contributed by atoms with van der Waals surface area (Å²) in [7, 11) is 0. The van der Waals surface area contributed by atoms with Gasteiger partial charge in [0.15, 0.2) is 0 Å². The van der Waals surface area contributed by atoms with Crippen LogP contribution in [-0.2, 0) is 9.59 Å². The highest BCUT2D eigenvalue weighted by Crippen LogP contribution is 2.32. The van der Waals surface area contributed by atoms with Crippen LogP contribution in [0.25, 0.3) is 0 Å². The van der Waals surface area contributed by atoms with E-state index < -0.39 is 0 Å². The van der Waals surface area contributed by atoms with Gasteiger partial charge in [0.1, 0.15) is 6.04 Å². The third kappa shape index (κ3) is 5.72. The number of anilines is 2. The maximum Gasteiger partial charge on any atom is 0.244 e. The third-order valence-electron chi connectivity index (χ3n) is 9.22. The summed E-state index contributed by atoms with van der Waals surface area (Å²) in [6, 6.07) is 8.58. The quantitative estimate of drug-likeness (QED) is 0.565. The Labute approximate surface area is 217 Å². The summed E-state index contributed by atoms with van der Waals surface area (Å²) in [5.41, 5.74) is 1.76. The number of benzene rings is 1. The maximum atomic E-state index is 13.2. The smallest absolute Gasteiger partial charge is 0.244 e. The molecule has 36 heavy (non-hydrogen) atoms. The topological polar surface area (TPSA) is 67.9 Å².